The molecular weight excluding hydrogens is 294 g/mol. The molecule has 2 aromatic heterocycles. The van der Waals surface area contributed by atoms with Gasteiger partial charge < -0.3 is 14.5 Å². The van der Waals surface area contributed by atoms with E-state index in [4.69, 9.17) is 4.74 Å². The lowest BCUT2D eigenvalue weighted by atomic mass is 10.3. The SMILES string of the molecule is CN(C)c1ncccc1OC1CCN(C(=O)Cc2ccn[nH]2)C1. The summed E-state index contributed by atoms with van der Waals surface area (Å²) in [5.74, 6) is 1.65. The minimum atomic E-state index is 0.00335. The Morgan fingerprint density at radius 3 is 3.04 bits per heavy atom. The number of hydrogen-bond acceptors (Lipinski definition) is 5. The molecule has 122 valence electrons. The highest BCUT2D eigenvalue weighted by Crippen LogP contribution is 2.26. The van der Waals surface area contributed by atoms with Crippen molar-refractivity contribution in [2.24, 2.45) is 0 Å². The maximum atomic E-state index is 12.3. The molecule has 1 aliphatic heterocycles. The van der Waals surface area contributed by atoms with Crippen LogP contribution in [0.3, 0.4) is 0 Å². The summed E-state index contributed by atoms with van der Waals surface area (Å²) in [6.07, 6.45) is 4.59. The van der Waals surface area contributed by atoms with Gasteiger partial charge in [0.15, 0.2) is 11.6 Å². The number of likely N-dealkylation sites (tertiary alicyclic amines) is 1. The molecule has 0 aliphatic carbocycles. The zero-order valence-corrected chi connectivity index (χ0v) is 13.4. The lowest BCUT2D eigenvalue weighted by Gasteiger charge is -2.20. The predicted octanol–water partition coefficient (Wildman–Crippen LogP) is 1.09. The monoisotopic (exact) mass is 315 g/mol. The van der Waals surface area contributed by atoms with Crippen molar-refractivity contribution in [1.29, 1.82) is 0 Å². The number of amides is 1. The van der Waals surface area contributed by atoms with E-state index in [1.165, 1.54) is 0 Å². The van der Waals surface area contributed by atoms with E-state index >= 15 is 0 Å². The number of rotatable bonds is 5. The number of carbonyl (C=O) groups is 1. The molecule has 23 heavy (non-hydrogen) atoms. The van der Waals surface area contributed by atoms with Crippen molar-refractivity contribution in [2.75, 3.05) is 32.1 Å². The van der Waals surface area contributed by atoms with Crippen molar-refractivity contribution in [3.63, 3.8) is 0 Å². The summed E-state index contributed by atoms with van der Waals surface area (Å²) in [6.45, 7) is 1.32. The lowest BCUT2D eigenvalue weighted by molar-refractivity contribution is -0.129. The molecule has 1 unspecified atom stereocenters. The summed E-state index contributed by atoms with van der Waals surface area (Å²) in [5.41, 5.74) is 0.835. The fraction of sp³-hybridized carbons (Fsp3) is 0.438. The third kappa shape index (κ3) is 3.61. The fourth-order valence-electron chi connectivity index (χ4n) is 2.70. The average Bonchev–Trinajstić information content (AvgIpc) is 3.19. The number of aromatic amines is 1. The number of hydrogen-bond donors (Lipinski definition) is 1. The standard InChI is InChI=1S/C16H21N5O2/c1-20(2)16-14(4-3-7-17-16)23-13-6-9-21(11-13)15(22)10-12-5-8-18-19-12/h3-5,7-8,13H,6,9-11H2,1-2H3,(H,18,19). The molecule has 7 heteroatoms. The topological polar surface area (TPSA) is 74.3 Å². The third-order valence-electron chi connectivity index (χ3n) is 3.87. The largest absolute Gasteiger partial charge is 0.485 e. The van der Waals surface area contributed by atoms with Gasteiger partial charge in [0, 0.05) is 45.1 Å². The van der Waals surface area contributed by atoms with Crippen molar-refractivity contribution in [3.8, 4) is 5.75 Å². The summed E-state index contributed by atoms with van der Waals surface area (Å²) in [6, 6.07) is 5.59. The zero-order chi connectivity index (χ0) is 16.2. The average molecular weight is 315 g/mol. The van der Waals surface area contributed by atoms with Gasteiger partial charge in [0.2, 0.25) is 5.91 Å². The number of nitrogens with zero attached hydrogens (tertiary/aromatic N) is 4. The molecule has 1 saturated heterocycles. The Balaban J connectivity index is 1.59. The number of H-pyrrole nitrogens is 1. The first kappa shape index (κ1) is 15.3. The number of nitrogens with one attached hydrogen (secondary N) is 1. The van der Waals surface area contributed by atoms with E-state index in [1.807, 2.05) is 42.1 Å². The van der Waals surface area contributed by atoms with Crippen LogP contribution in [0.25, 0.3) is 0 Å². The molecule has 0 saturated carbocycles. The highest BCUT2D eigenvalue weighted by molar-refractivity contribution is 5.78. The van der Waals surface area contributed by atoms with Gasteiger partial charge in [0.25, 0.3) is 0 Å². The third-order valence-corrected chi connectivity index (χ3v) is 3.87. The van der Waals surface area contributed by atoms with E-state index in [1.54, 1.807) is 12.4 Å². The minimum Gasteiger partial charge on any atom is -0.485 e. The Kier molecular flexibility index (Phi) is 4.45. The molecule has 1 fully saturated rings. The molecule has 0 aromatic carbocycles. The normalized spacial score (nSPS) is 17.3. The molecule has 3 rings (SSSR count). The van der Waals surface area contributed by atoms with Crippen LogP contribution in [0.2, 0.25) is 0 Å². The van der Waals surface area contributed by atoms with Crippen molar-refractivity contribution in [2.45, 2.75) is 18.9 Å². The maximum absolute atomic E-state index is 12.3. The first-order valence-electron chi connectivity index (χ1n) is 7.68. The van der Waals surface area contributed by atoms with Gasteiger partial charge in [-0.2, -0.15) is 5.10 Å². The quantitative estimate of drug-likeness (QED) is 0.894. The van der Waals surface area contributed by atoms with E-state index in [2.05, 4.69) is 15.2 Å². The summed E-state index contributed by atoms with van der Waals surface area (Å²) in [5, 5.41) is 6.69. The van der Waals surface area contributed by atoms with Gasteiger partial charge in [0.1, 0.15) is 6.10 Å². The second kappa shape index (κ2) is 6.68. The molecule has 1 N–H and O–H groups in total. The zero-order valence-electron chi connectivity index (χ0n) is 13.4. The summed E-state index contributed by atoms with van der Waals surface area (Å²) in [4.78, 5) is 20.4. The van der Waals surface area contributed by atoms with Crippen molar-refractivity contribution in [1.82, 2.24) is 20.1 Å². The number of ether oxygens (including phenoxy) is 1. The lowest BCUT2D eigenvalue weighted by Crippen LogP contribution is -2.32. The second-order valence-corrected chi connectivity index (χ2v) is 5.85. The summed E-state index contributed by atoms with van der Waals surface area (Å²) < 4.78 is 6.07. The van der Waals surface area contributed by atoms with Crippen LogP contribution in [-0.4, -0.2) is 59.3 Å². The van der Waals surface area contributed by atoms with E-state index in [0.717, 1.165) is 30.2 Å². The Hall–Kier alpha value is -2.57. The van der Waals surface area contributed by atoms with E-state index in [9.17, 15) is 4.79 Å². The van der Waals surface area contributed by atoms with Gasteiger partial charge in [-0.1, -0.05) is 0 Å². The van der Waals surface area contributed by atoms with E-state index < -0.39 is 0 Å². The Labute approximate surface area is 135 Å². The second-order valence-electron chi connectivity index (χ2n) is 5.85. The van der Waals surface area contributed by atoms with Gasteiger partial charge >= 0.3 is 0 Å². The van der Waals surface area contributed by atoms with Gasteiger partial charge in [-0.05, 0) is 18.2 Å². The number of carbonyl (C=O) groups excluding carboxylic acids is 1. The van der Waals surface area contributed by atoms with Gasteiger partial charge in [-0.15, -0.1) is 0 Å². The van der Waals surface area contributed by atoms with Crippen LogP contribution in [-0.2, 0) is 11.2 Å². The molecule has 0 radical (unpaired) electrons. The summed E-state index contributed by atoms with van der Waals surface area (Å²) in [7, 11) is 3.87. The molecule has 1 atom stereocenters. The number of anilines is 1. The van der Waals surface area contributed by atoms with Gasteiger partial charge in [-0.25, -0.2) is 4.98 Å². The smallest absolute Gasteiger partial charge is 0.228 e. The molecule has 3 heterocycles. The molecule has 7 nitrogen and oxygen atoms in total. The Morgan fingerprint density at radius 2 is 2.30 bits per heavy atom. The highest BCUT2D eigenvalue weighted by atomic mass is 16.5. The van der Waals surface area contributed by atoms with Crippen molar-refractivity contribution in [3.05, 3.63) is 36.3 Å². The molecule has 1 amide bonds. The first-order valence-corrected chi connectivity index (χ1v) is 7.68. The maximum Gasteiger partial charge on any atom is 0.228 e. The Bertz CT molecular complexity index is 656. The molecule has 1 aliphatic rings. The van der Waals surface area contributed by atoms with E-state index in [-0.39, 0.29) is 12.0 Å². The molecule has 0 spiro atoms. The highest BCUT2D eigenvalue weighted by Gasteiger charge is 2.28. The number of pyridine rings is 1. The Morgan fingerprint density at radius 1 is 1.43 bits per heavy atom. The van der Waals surface area contributed by atoms with Crippen LogP contribution in [0.1, 0.15) is 12.1 Å². The molecule has 0 bridgehead atoms. The fourth-order valence-corrected chi connectivity index (χ4v) is 2.70. The van der Waals surface area contributed by atoms with Gasteiger partial charge in [0.05, 0.1) is 13.0 Å². The van der Waals surface area contributed by atoms with Crippen LogP contribution < -0.4 is 9.64 Å². The summed E-state index contributed by atoms with van der Waals surface area (Å²) >= 11 is 0. The first-order chi connectivity index (χ1) is 11.1. The predicted molar refractivity (Wildman–Crippen MR) is 86.5 cm³/mol. The van der Waals surface area contributed by atoms with Crippen LogP contribution >= 0.6 is 0 Å². The molecular formula is C16H21N5O2. The minimum absolute atomic E-state index is 0.00335. The van der Waals surface area contributed by atoms with Crippen LogP contribution in [0, 0.1) is 0 Å². The van der Waals surface area contributed by atoms with Crippen LogP contribution in [0.5, 0.6) is 5.75 Å². The molecule has 2 aromatic rings. The van der Waals surface area contributed by atoms with Gasteiger partial charge in [-0.3, -0.25) is 9.89 Å². The number of aromatic nitrogens is 3. The van der Waals surface area contributed by atoms with Crippen molar-refractivity contribution < 1.29 is 9.53 Å². The van der Waals surface area contributed by atoms with Crippen LogP contribution in [0.4, 0.5) is 5.82 Å². The van der Waals surface area contributed by atoms with E-state index in [0.29, 0.717) is 13.0 Å². The van der Waals surface area contributed by atoms with Crippen molar-refractivity contribution >= 4 is 11.7 Å². The van der Waals surface area contributed by atoms with Crippen LogP contribution in [0.15, 0.2) is 30.6 Å².